The van der Waals surface area contributed by atoms with Gasteiger partial charge in [-0.05, 0) is 38.6 Å². The lowest BCUT2D eigenvalue weighted by Gasteiger charge is -2.29. The van der Waals surface area contributed by atoms with Crippen molar-refractivity contribution in [2.75, 3.05) is 18.4 Å². The van der Waals surface area contributed by atoms with Crippen molar-refractivity contribution in [1.29, 1.82) is 0 Å². The van der Waals surface area contributed by atoms with E-state index in [0.717, 1.165) is 36.3 Å². The molecule has 1 aliphatic heterocycles. The van der Waals surface area contributed by atoms with Crippen molar-refractivity contribution in [3.63, 3.8) is 0 Å². The van der Waals surface area contributed by atoms with Gasteiger partial charge in [-0.15, -0.1) is 0 Å². The van der Waals surface area contributed by atoms with Crippen molar-refractivity contribution in [3.05, 3.63) is 87.5 Å². The molecule has 0 radical (unpaired) electrons. The average molecular weight is 514 g/mol. The lowest BCUT2D eigenvalue weighted by molar-refractivity contribution is -0.123. The Labute approximate surface area is 220 Å². The van der Waals surface area contributed by atoms with Crippen molar-refractivity contribution in [1.82, 2.24) is 19.2 Å². The first-order valence-corrected chi connectivity index (χ1v) is 12.8. The van der Waals surface area contributed by atoms with Gasteiger partial charge in [0.1, 0.15) is 5.69 Å². The fraction of sp³-hybridized carbons (Fsp3) is 0.310. The van der Waals surface area contributed by atoms with Crippen LogP contribution >= 0.6 is 0 Å². The number of carbonyl (C=O) groups excluding carboxylic acids is 2. The Hall–Kier alpha value is -4.24. The van der Waals surface area contributed by atoms with Gasteiger partial charge >= 0.3 is 5.97 Å². The van der Waals surface area contributed by atoms with Crippen LogP contribution in [0, 0.1) is 6.92 Å². The normalized spacial score (nSPS) is 14.2. The number of carbonyl (C=O) groups is 2. The number of benzene rings is 2. The molecular formula is C29H31N5O4. The van der Waals surface area contributed by atoms with Gasteiger partial charge in [0.05, 0.1) is 22.5 Å². The molecule has 0 spiro atoms. The number of amides is 1. The molecule has 9 heteroatoms. The lowest BCUT2D eigenvalue weighted by Crippen LogP contribution is -2.34. The number of likely N-dealkylation sites (N-methyl/N-ethyl adjacent to an activating group) is 1. The van der Waals surface area contributed by atoms with E-state index in [-0.39, 0.29) is 11.2 Å². The van der Waals surface area contributed by atoms with E-state index in [2.05, 4.69) is 17.1 Å². The molecule has 2 aromatic heterocycles. The maximum atomic E-state index is 13.6. The highest BCUT2D eigenvalue weighted by atomic mass is 16.5. The number of ether oxygens (including phenoxy) is 1. The number of nitrogens with zero attached hydrogens (tertiary/aromatic N) is 4. The summed E-state index contributed by atoms with van der Waals surface area (Å²) in [5.74, 6) is -1.15. The molecule has 3 heterocycles. The molecule has 2 aromatic carbocycles. The highest BCUT2D eigenvalue weighted by Gasteiger charge is 2.29. The smallest absolute Gasteiger partial charge is 0.339 e. The van der Waals surface area contributed by atoms with Crippen LogP contribution in [0.1, 0.15) is 41.2 Å². The van der Waals surface area contributed by atoms with Gasteiger partial charge in [-0.2, -0.15) is 0 Å². The van der Waals surface area contributed by atoms with Crippen LogP contribution in [0.25, 0.3) is 16.6 Å². The minimum absolute atomic E-state index is 0.148. The first-order valence-electron chi connectivity index (χ1n) is 12.8. The van der Waals surface area contributed by atoms with E-state index >= 15 is 0 Å². The summed E-state index contributed by atoms with van der Waals surface area (Å²) < 4.78 is 8.86. The maximum Gasteiger partial charge on any atom is 0.339 e. The van der Waals surface area contributed by atoms with Crippen LogP contribution in [0.15, 0.2) is 59.4 Å². The van der Waals surface area contributed by atoms with Crippen LogP contribution in [0.2, 0.25) is 0 Å². The number of hydrogen-bond acceptors (Lipinski definition) is 6. The van der Waals surface area contributed by atoms with Crippen LogP contribution in [0.5, 0.6) is 0 Å². The summed E-state index contributed by atoms with van der Waals surface area (Å²) in [4.78, 5) is 46.9. The summed E-state index contributed by atoms with van der Waals surface area (Å²) in [7, 11) is 1.75. The van der Waals surface area contributed by atoms with Crippen LogP contribution in [-0.2, 0) is 29.5 Å². The zero-order valence-corrected chi connectivity index (χ0v) is 22.0. The van der Waals surface area contributed by atoms with Gasteiger partial charge in [-0.3, -0.25) is 24.2 Å². The first kappa shape index (κ1) is 25.4. The summed E-state index contributed by atoms with van der Waals surface area (Å²) in [6.07, 6.45) is -0.384. The third kappa shape index (κ3) is 4.50. The Morgan fingerprint density at radius 1 is 1.11 bits per heavy atom. The minimum atomic E-state index is -1.12. The molecule has 1 atom stereocenters. The minimum Gasteiger partial charge on any atom is -0.449 e. The van der Waals surface area contributed by atoms with Crippen LogP contribution < -0.4 is 10.9 Å². The number of esters is 1. The first-order chi connectivity index (χ1) is 18.3. The van der Waals surface area contributed by atoms with E-state index in [9.17, 15) is 14.4 Å². The number of hydrogen-bond donors (Lipinski definition) is 1. The summed E-state index contributed by atoms with van der Waals surface area (Å²) in [5.41, 5.74) is 3.95. The number of aromatic nitrogens is 3. The third-order valence-electron chi connectivity index (χ3n) is 7.23. The summed E-state index contributed by atoms with van der Waals surface area (Å²) >= 11 is 0. The van der Waals surface area contributed by atoms with Crippen molar-refractivity contribution in [3.8, 4) is 5.69 Å². The van der Waals surface area contributed by atoms with Crippen molar-refractivity contribution in [2.45, 2.75) is 39.8 Å². The zero-order valence-electron chi connectivity index (χ0n) is 22.0. The van der Waals surface area contributed by atoms with E-state index in [1.54, 1.807) is 18.7 Å². The van der Waals surface area contributed by atoms with Gasteiger partial charge in [0.25, 0.3) is 11.5 Å². The van der Waals surface area contributed by atoms with Gasteiger partial charge < -0.3 is 10.1 Å². The highest BCUT2D eigenvalue weighted by Crippen LogP contribution is 2.29. The van der Waals surface area contributed by atoms with E-state index in [1.807, 2.05) is 54.6 Å². The molecule has 0 saturated heterocycles. The van der Waals surface area contributed by atoms with Gasteiger partial charge in [-0.1, -0.05) is 43.3 Å². The largest absolute Gasteiger partial charge is 0.449 e. The fourth-order valence-electron chi connectivity index (χ4n) is 4.96. The SMILES string of the molecule is CCN1CCc2nc3ccccc3c(C(=O)OC(C)C(=O)Nc3c(C)n(C)n(-c4ccccc4)c3=O)c2C1. The molecule has 4 aromatic rings. The Kier molecular flexibility index (Phi) is 6.86. The standard InChI is InChI=1S/C29H31N5O4/c1-5-33-16-15-24-22(17-33)25(21-13-9-10-14-23(21)30-24)29(37)38-19(3)27(35)31-26-18(2)32(4)34(28(26)36)20-11-7-6-8-12-20/h6-14,19H,5,15-17H2,1-4H3,(H,31,35). The molecular weight excluding hydrogens is 482 g/mol. The second-order valence-electron chi connectivity index (χ2n) is 9.52. The summed E-state index contributed by atoms with van der Waals surface area (Å²) in [5, 5.41) is 3.39. The maximum absolute atomic E-state index is 13.6. The van der Waals surface area contributed by atoms with E-state index in [1.165, 1.54) is 11.6 Å². The van der Waals surface area contributed by atoms with Crippen molar-refractivity contribution < 1.29 is 14.3 Å². The molecule has 1 aliphatic rings. The molecule has 196 valence electrons. The summed E-state index contributed by atoms with van der Waals surface area (Å²) in [6, 6.07) is 16.7. The van der Waals surface area contributed by atoms with Crippen molar-refractivity contribution >= 4 is 28.5 Å². The highest BCUT2D eigenvalue weighted by molar-refractivity contribution is 6.06. The van der Waals surface area contributed by atoms with Crippen LogP contribution in [-0.4, -0.2) is 50.3 Å². The second-order valence-corrected chi connectivity index (χ2v) is 9.52. The quantitative estimate of drug-likeness (QED) is 0.396. The Morgan fingerprint density at radius 2 is 1.82 bits per heavy atom. The van der Waals surface area contributed by atoms with Gasteiger partial charge in [0.2, 0.25) is 0 Å². The molecule has 1 N–H and O–H groups in total. The van der Waals surface area contributed by atoms with Gasteiger partial charge in [0, 0.05) is 43.2 Å². The van der Waals surface area contributed by atoms with Crippen LogP contribution in [0.3, 0.4) is 0 Å². The number of rotatable bonds is 6. The second kappa shape index (κ2) is 10.3. The Bertz CT molecular complexity index is 1590. The average Bonchev–Trinajstić information content (AvgIpc) is 3.14. The summed E-state index contributed by atoms with van der Waals surface area (Å²) in [6.45, 7) is 7.67. The number of nitrogens with one attached hydrogen (secondary N) is 1. The fourth-order valence-corrected chi connectivity index (χ4v) is 4.96. The van der Waals surface area contributed by atoms with Gasteiger partial charge in [0.15, 0.2) is 6.10 Å². The molecule has 0 saturated carbocycles. The lowest BCUT2D eigenvalue weighted by atomic mass is 9.95. The van der Waals surface area contributed by atoms with Crippen LogP contribution in [0.4, 0.5) is 5.69 Å². The van der Waals surface area contributed by atoms with Gasteiger partial charge in [-0.25, -0.2) is 9.48 Å². The van der Waals surface area contributed by atoms with E-state index < -0.39 is 18.0 Å². The third-order valence-corrected chi connectivity index (χ3v) is 7.23. The van der Waals surface area contributed by atoms with E-state index in [0.29, 0.717) is 28.9 Å². The number of anilines is 1. The number of para-hydroxylation sites is 2. The predicted octanol–water partition coefficient (Wildman–Crippen LogP) is 3.59. The van der Waals surface area contributed by atoms with E-state index in [4.69, 9.17) is 9.72 Å². The monoisotopic (exact) mass is 513 g/mol. The Balaban J connectivity index is 1.42. The molecule has 0 bridgehead atoms. The molecule has 0 fully saturated rings. The predicted molar refractivity (Wildman–Crippen MR) is 146 cm³/mol. The number of pyridine rings is 1. The molecule has 0 aliphatic carbocycles. The molecule has 9 nitrogen and oxygen atoms in total. The molecule has 1 unspecified atom stereocenters. The molecule has 1 amide bonds. The molecule has 5 rings (SSSR count). The number of fused-ring (bicyclic) bond motifs is 2. The Morgan fingerprint density at radius 3 is 2.55 bits per heavy atom. The molecule has 38 heavy (non-hydrogen) atoms. The zero-order chi connectivity index (χ0) is 27.0. The van der Waals surface area contributed by atoms with Crippen molar-refractivity contribution in [2.24, 2.45) is 7.05 Å². The topological polar surface area (TPSA) is 98.5 Å².